The van der Waals surface area contributed by atoms with Gasteiger partial charge in [-0.1, -0.05) is 102 Å². The van der Waals surface area contributed by atoms with E-state index in [-0.39, 0.29) is 69.0 Å². The Morgan fingerprint density at radius 2 is 1.62 bits per heavy atom. The summed E-state index contributed by atoms with van der Waals surface area (Å²) in [5.74, 6) is 5.34. The molecule has 6 heterocycles. The van der Waals surface area contributed by atoms with E-state index in [0.717, 1.165) is 86.7 Å². The summed E-state index contributed by atoms with van der Waals surface area (Å²) in [7, 11) is 4.36. The van der Waals surface area contributed by atoms with Crippen LogP contribution >= 0.6 is 21.6 Å². The summed E-state index contributed by atoms with van der Waals surface area (Å²) < 4.78 is 14.0. The predicted octanol–water partition coefficient (Wildman–Crippen LogP) is 14.8. The van der Waals surface area contributed by atoms with Crippen molar-refractivity contribution >= 4 is 39.4 Å². The lowest BCUT2D eigenvalue weighted by Gasteiger charge is -2.63. The van der Waals surface area contributed by atoms with Gasteiger partial charge in [-0.3, -0.25) is 14.6 Å². The number of benzene rings is 2. The van der Waals surface area contributed by atoms with Gasteiger partial charge in [-0.05, 0) is 229 Å². The molecule has 12 heteroatoms. The van der Waals surface area contributed by atoms with Gasteiger partial charge in [-0.15, -0.1) is 0 Å². The van der Waals surface area contributed by atoms with Crippen molar-refractivity contribution in [2.24, 2.45) is 79.2 Å². The van der Waals surface area contributed by atoms with Crippen molar-refractivity contribution in [2.75, 3.05) is 18.8 Å². The number of fused-ring (bicyclic) bond motifs is 1. The normalized spacial score (nSPS) is 44.1. The number of ether oxygens (including phenoxy) is 2. The Morgan fingerprint density at radius 3 is 2.45 bits per heavy atom. The van der Waals surface area contributed by atoms with Crippen LogP contribution in [0.5, 0.6) is 11.5 Å². The minimum absolute atomic E-state index is 0.0850. The van der Waals surface area contributed by atoms with E-state index in [9.17, 15) is 15.0 Å². The number of aliphatic hydroxyl groups excluding tert-OH is 1. The molecule has 19 rings (SSSR count). The lowest BCUT2D eigenvalue weighted by Crippen LogP contribution is -2.59. The molecule has 11 aliphatic carbocycles. The number of phenolic OH excluding ortho intramolecular Hbond substituents is 1. The molecule has 1 saturated heterocycles. The second-order valence-corrected chi connectivity index (χ2v) is 33.6. The van der Waals surface area contributed by atoms with Gasteiger partial charge in [0.1, 0.15) is 16.1 Å². The first-order valence-electron chi connectivity index (χ1n) is 34.3. The van der Waals surface area contributed by atoms with Crippen LogP contribution in [-0.4, -0.2) is 74.0 Å². The molecule has 17 aliphatic rings. The number of esters is 1. The summed E-state index contributed by atoms with van der Waals surface area (Å²) >= 11 is 0. The predicted molar refractivity (Wildman–Crippen MR) is 334 cm³/mol. The lowest BCUT2D eigenvalue weighted by molar-refractivity contribution is -0.176. The number of aryl methyl sites for hydroxylation is 1. The third-order valence-electron chi connectivity index (χ3n) is 28.2. The number of nitrogens with two attached hydrogens (primary N) is 1. The molecule has 84 heavy (non-hydrogen) atoms. The average Bonchev–Trinajstić information content (AvgIpc) is 1.60. The number of nitrogens with zero attached hydrogens (tertiary/aromatic N) is 2. The summed E-state index contributed by atoms with van der Waals surface area (Å²) in [6, 6.07) is 13.1. The molecule has 6 aliphatic heterocycles. The maximum atomic E-state index is 15.1. The van der Waals surface area contributed by atoms with Crippen LogP contribution in [0.25, 0.3) is 0 Å². The Morgan fingerprint density at radius 1 is 0.810 bits per heavy atom. The first kappa shape index (κ1) is 55.7. The highest BCUT2D eigenvalue weighted by Gasteiger charge is 2.76. The standard InChI is InChI=1S/C72H96N4O6S2/c1-46(77)81-66-33-22-48-38-50(62(80)63-61(48)49-23-35-69(82-63)29-10-15-52(69)39-49)43-76-45-67(41-60(76)79)53(18-20-57(67)47-12-3-2-4-13-47)42-74-64(73)75-72(32-11-27-65(72)25-5-6-26-65)84-83-44-54-16-19-55(56(24-34-66)59(78)40-66)58-21-17-51-14-9-28-68(51)36-37-71(54,58)70(68)30-7-8-31-70/h2-4,12-13,17,21,23,35,38,49,51-59,78,80H,5-11,14-16,18-20,22,24-34,36-37,39-45H2,1H3,(H3,73,74,75). The minimum atomic E-state index is -0.830. The Bertz CT molecular complexity index is 3020. The van der Waals surface area contributed by atoms with E-state index in [1.54, 1.807) is 6.92 Å². The van der Waals surface area contributed by atoms with Gasteiger partial charge < -0.3 is 35.6 Å². The molecule has 2 aromatic carbocycles. The van der Waals surface area contributed by atoms with Gasteiger partial charge in [-0.2, -0.15) is 0 Å². The van der Waals surface area contributed by atoms with E-state index in [2.05, 4.69) is 87.6 Å². The number of nitrogens with one attached hydrogen (secondary N) is 1. The molecule has 2 aromatic rings. The number of phenols is 1. The van der Waals surface area contributed by atoms with Crippen molar-refractivity contribution in [2.45, 2.75) is 240 Å². The third-order valence-corrected chi connectivity index (χ3v) is 31.5. The molecule has 5 N–H and O–H groups in total. The molecule has 0 radical (unpaired) electrons. The summed E-state index contributed by atoms with van der Waals surface area (Å²) in [6.45, 7) is 3.00. The number of rotatable bonds is 2. The molecule has 10 fully saturated rings. The van der Waals surface area contributed by atoms with Gasteiger partial charge in [-0.25, -0.2) is 0 Å². The molecule has 16 atom stereocenters. The van der Waals surface area contributed by atoms with Crippen molar-refractivity contribution in [1.29, 1.82) is 0 Å². The second kappa shape index (κ2) is 20.5. The van der Waals surface area contributed by atoms with E-state index in [4.69, 9.17) is 20.2 Å². The first-order valence-corrected chi connectivity index (χ1v) is 36.6. The monoisotopic (exact) mass is 1180 g/mol. The molecule has 16 unspecified atom stereocenters. The topological polar surface area (TPSA) is 147 Å². The smallest absolute Gasteiger partial charge is 0.303 e. The van der Waals surface area contributed by atoms with Crippen LogP contribution in [0.3, 0.4) is 0 Å². The van der Waals surface area contributed by atoms with Crippen LogP contribution in [0, 0.1) is 68.5 Å². The fraction of sp³-hybridized carbons (Fsp3) is 0.736. The summed E-state index contributed by atoms with van der Waals surface area (Å²) in [5.41, 5.74) is 11.0. The number of amides is 1. The fourth-order valence-corrected chi connectivity index (χ4v) is 29.0. The average molecular weight is 1180 g/mol. The van der Waals surface area contributed by atoms with Gasteiger partial charge in [0.25, 0.3) is 0 Å². The highest BCUT2D eigenvalue weighted by atomic mass is 33.1. The van der Waals surface area contributed by atoms with Gasteiger partial charge in [0.2, 0.25) is 5.91 Å². The molecular formula is C72H96N4O6S2. The number of aliphatic hydroxyl groups is 1. The van der Waals surface area contributed by atoms with Gasteiger partial charge in [0.05, 0.1) is 6.10 Å². The zero-order chi connectivity index (χ0) is 56.9. The number of allylic oxidation sites excluding steroid dienone is 3. The van der Waals surface area contributed by atoms with E-state index >= 15 is 4.79 Å². The molecule has 12 bridgehead atoms. The van der Waals surface area contributed by atoms with E-state index in [1.165, 1.54) is 108 Å². The van der Waals surface area contributed by atoms with E-state index in [1.807, 2.05) is 4.90 Å². The molecule has 0 aromatic heterocycles. The quantitative estimate of drug-likeness (QED) is 0.130. The van der Waals surface area contributed by atoms with Crippen LogP contribution in [0.2, 0.25) is 0 Å². The summed E-state index contributed by atoms with van der Waals surface area (Å²) in [5, 5.41) is 30.2. The number of guanidine groups is 1. The number of hydrogen-bond donors (Lipinski definition) is 4. The fourth-order valence-electron chi connectivity index (χ4n) is 25.0. The number of aliphatic imine (C=N–C) groups is 1. The van der Waals surface area contributed by atoms with Crippen molar-refractivity contribution in [3.05, 3.63) is 83.0 Å². The third kappa shape index (κ3) is 8.06. The van der Waals surface area contributed by atoms with Gasteiger partial charge in [0, 0.05) is 78.9 Å². The molecule has 10 nitrogen and oxygen atoms in total. The molecule has 9 saturated carbocycles. The largest absolute Gasteiger partial charge is 0.504 e. The Kier molecular flexibility index (Phi) is 13.6. The highest BCUT2D eigenvalue weighted by molar-refractivity contribution is 8.77. The maximum Gasteiger partial charge on any atom is 0.303 e. The second-order valence-electron chi connectivity index (χ2n) is 31.0. The lowest BCUT2D eigenvalue weighted by atomic mass is 9.42. The van der Waals surface area contributed by atoms with Crippen LogP contribution in [0.4, 0.5) is 0 Å². The Labute approximate surface area is 508 Å². The summed E-state index contributed by atoms with van der Waals surface area (Å²) in [6.07, 6.45) is 42.6. The van der Waals surface area contributed by atoms with Crippen molar-refractivity contribution in [1.82, 2.24) is 10.2 Å². The molecular weight excluding hydrogens is 1080 g/mol. The van der Waals surface area contributed by atoms with Gasteiger partial charge in [0.15, 0.2) is 17.5 Å². The van der Waals surface area contributed by atoms with Crippen LogP contribution in [0.1, 0.15) is 227 Å². The molecule has 7 spiro atoms. The number of carbonyl (C=O) groups is 2. The van der Waals surface area contributed by atoms with Crippen LogP contribution < -0.4 is 15.8 Å². The minimum Gasteiger partial charge on any atom is -0.504 e. The molecule has 1 amide bonds. The number of carbonyl (C=O) groups excluding carboxylic acids is 2. The highest BCUT2D eigenvalue weighted by Crippen LogP contribution is 2.83. The van der Waals surface area contributed by atoms with Crippen LogP contribution in [0.15, 0.2) is 65.7 Å². The Balaban J connectivity index is 0.813. The zero-order valence-electron chi connectivity index (χ0n) is 50.4. The van der Waals surface area contributed by atoms with Crippen molar-refractivity contribution in [3.8, 4) is 11.5 Å². The van der Waals surface area contributed by atoms with Crippen molar-refractivity contribution < 1.29 is 29.3 Å². The van der Waals surface area contributed by atoms with Crippen LogP contribution in [-0.2, 0) is 27.3 Å². The number of aromatic hydroxyl groups is 1. The SMILES string of the molecule is CC(=O)OC12CCc3cc(c(O)c4c3C3C=CC5(CCCC5C3)O4)CN3CC4(CC3=O)C(CCC4c3ccccc3)CN=C(N)NC3(CCCC34CCCC4)SSCC3CCC(C(CC1)C(O)C2)C1C=CC2CCCC24CCC31C41CCCC1. The zero-order valence-corrected chi connectivity index (χ0v) is 52.0. The van der Waals surface area contributed by atoms with E-state index in [0.29, 0.717) is 90.9 Å². The summed E-state index contributed by atoms with van der Waals surface area (Å²) in [4.78, 5) is 35.9. The van der Waals surface area contributed by atoms with Gasteiger partial charge >= 0.3 is 5.97 Å². The first-order chi connectivity index (χ1) is 40.8. The van der Waals surface area contributed by atoms with E-state index < -0.39 is 17.3 Å². The Hall–Kier alpha value is -3.61. The maximum absolute atomic E-state index is 15.1. The number of hydrogen-bond acceptors (Lipinski definition) is 11. The molecule has 452 valence electrons. The van der Waals surface area contributed by atoms with Crippen molar-refractivity contribution in [3.63, 3.8) is 0 Å².